The number of benzene rings is 2. The second kappa shape index (κ2) is 11.2. The molecule has 0 radical (unpaired) electrons. The molecule has 0 amide bonds. The van der Waals surface area contributed by atoms with Gasteiger partial charge in [-0.1, -0.05) is 0 Å². The van der Waals surface area contributed by atoms with E-state index in [9.17, 15) is 0 Å². The highest BCUT2D eigenvalue weighted by molar-refractivity contribution is 5.95. The van der Waals surface area contributed by atoms with Crippen molar-refractivity contribution < 1.29 is 28.4 Å². The largest absolute Gasteiger partial charge is 0.493 e. The van der Waals surface area contributed by atoms with E-state index in [4.69, 9.17) is 28.4 Å². The Labute approximate surface area is 211 Å². The third-order valence-corrected chi connectivity index (χ3v) is 6.34. The van der Waals surface area contributed by atoms with Gasteiger partial charge in [0.1, 0.15) is 0 Å². The SMILES string of the molecule is COc1cc2ccnc(CCCCc3nccc4cc(OC)c(OC)c(OC)c34)c2c(OC)c1OC. The lowest BCUT2D eigenvalue weighted by atomic mass is 10.0. The van der Waals surface area contributed by atoms with Crippen LogP contribution >= 0.6 is 0 Å². The van der Waals surface area contributed by atoms with Gasteiger partial charge in [-0.2, -0.15) is 0 Å². The fourth-order valence-electron chi connectivity index (χ4n) is 4.72. The van der Waals surface area contributed by atoms with Crippen LogP contribution in [0.3, 0.4) is 0 Å². The predicted octanol–water partition coefficient (Wildman–Crippen LogP) is 5.40. The Morgan fingerprint density at radius 2 is 0.917 bits per heavy atom. The second-order valence-electron chi connectivity index (χ2n) is 8.21. The van der Waals surface area contributed by atoms with Crippen LogP contribution in [-0.4, -0.2) is 52.6 Å². The van der Waals surface area contributed by atoms with Gasteiger partial charge in [0.2, 0.25) is 11.5 Å². The molecule has 0 bridgehead atoms. The number of fused-ring (bicyclic) bond motifs is 2. The monoisotopic (exact) mass is 492 g/mol. The van der Waals surface area contributed by atoms with Crippen LogP contribution in [0.2, 0.25) is 0 Å². The normalized spacial score (nSPS) is 10.9. The van der Waals surface area contributed by atoms with Crippen molar-refractivity contribution in [3.8, 4) is 34.5 Å². The molecule has 4 rings (SSSR count). The molecule has 190 valence electrons. The van der Waals surface area contributed by atoms with Gasteiger partial charge in [0.15, 0.2) is 23.0 Å². The summed E-state index contributed by atoms with van der Waals surface area (Å²) in [6.07, 6.45) is 7.03. The van der Waals surface area contributed by atoms with Crippen molar-refractivity contribution >= 4 is 21.5 Å². The molecule has 4 aromatic rings. The number of nitrogens with zero attached hydrogens (tertiary/aromatic N) is 2. The molecule has 0 N–H and O–H groups in total. The zero-order chi connectivity index (χ0) is 25.7. The van der Waals surface area contributed by atoms with E-state index in [1.54, 1.807) is 42.7 Å². The van der Waals surface area contributed by atoms with E-state index in [1.165, 1.54) is 0 Å². The fraction of sp³-hybridized carbons (Fsp3) is 0.357. The summed E-state index contributed by atoms with van der Waals surface area (Å²) in [6, 6.07) is 7.82. The summed E-state index contributed by atoms with van der Waals surface area (Å²) >= 11 is 0. The first-order valence-electron chi connectivity index (χ1n) is 11.7. The minimum atomic E-state index is 0.568. The van der Waals surface area contributed by atoms with Gasteiger partial charge >= 0.3 is 0 Å². The third kappa shape index (κ3) is 4.51. The molecule has 36 heavy (non-hydrogen) atoms. The van der Waals surface area contributed by atoms with Gasteiger partial charge < -0.3 is 28.4 Å². The number of hydrogen-bond acceptors (Lipinski definition) is 8. The number of methoxy groups -OCH3 is 6. The molecule has 0 unspecified atom stereocenters. The van der Waals surface area contributed by atoms with Crippen molar-refractivity contribution in [2.24, 2.45) is 0 Å². The van der Waals surface area contributed by atoms with Gasteiger partial charge in [0, 0.05) is 23.2 Å². The Morgan fingerprint density at radius 1 is 0.528 bits per heavy atom. The van der Waals surface area contributed by atoms with Crippen LogP contribution in [0, 0.1) is 0 Å². The maximum absolute atomic E-state index is 5.73. The highest BCUT2D eigenvalue weighted by Gasteiger charge is 2.20. The summed E-state index contributed by atoms with van der Waals surface area (Å²) in [5.74, 6) is 3.66. The number of aryl methyl sites for hydroxylation is 2. The summed E-state index contributed by atoms with van der Waals surface area (Å²) in [7, 11) is 9.73. The zero-order valence-corrected chi connectivity index (χ0v) is 21.6. The molecule has 0 spiro atoms. The van der Waals surface area contributed by atoms with E-state index in [-0.39, 0.29) is 0 Å². The van der Waals surface area contributed by atoms with E-state index in [0.29, 0.717) is 34.5 Å². The van der Waals surface area contributed by atoms with Crippen molar-refractivity contribution in [3.05, 3.63) is 48.0 Å². The Bertz CT molecular complexity index is 1270. The van der Waals surface area contributed by atoms with Crippen molar-refractivity contribution in [3.63, 3.8) is 0 Å². The number of rotatable bonds is 11. The van der Waals surface area contributed by atoms with Crippen LogP contribution in [0.5, 0.6) is 34.5 Å². The molecule has 0 saturated carbocycles. The average Bonchev–Trinajstić information content (AvgIpc) is 2.92. The number of aromatic nitrogens is 2. The van der Waals surface area contributed by atoms with E-state index < -0.39 is 0 Å². The van der Waals surface area contributed by atoms with Crippen LogP contribution in [-0.2, 0) is 12.8 Å². The van der Waals surface area contributed by atoms with Crippen LogP contribution in [0.15, 0.2) is 36.7 Å². The summed E-state index contributed by atoms with van der Waals surface area (Å²) in [6.45, 7) is 0. The van der Waals surface area contributed by atoms with E-state index in [0.717, 1.165) is 58.6 Å². The topological polar surface area (TPSA) is 81.2 Å². The zero-order valence-electron chi connectivity index (χ0n) is 21.6. The minimum absolute atomic E-state index is 0.568. The molecule has 2 aromatic carbocycles. The van der Waals surface area contributed by atoms with E-state index in [1.807, 2.05) is 36.7 Å². The number of ether oxygens (including phenoxy) is 6. The Hall–Kier alpha value is -3.94. The van der Waals surface area contributed by atoms with E-state index in [2.05, 4.69) is 9.97 Å². The van der Waals surface area contributed by atoms with Gasteiger partial charge in [-0.25, -0.2) is 0 Å². The van der Waals surface area contributed by atoms with Gasteiger partial charge in [-0.15, -0.1) is 0 Å². The summed E-state index contributed by atoms with van der Waals surface area (Å²) in [5, 5.41) is 3.88. The van der Waals surface area contributed by atoms with Gasteiger partial charge in [-0.05, 0) is 60.7 Å². The summed E-state index contributed by atoms with van der Waals surface area (Å²) in [5.41, 5.74) is 1.92. The minimum Gasteiger partial charge on any atom is -0.493 e. The Morgan fingerprint density at radius 3 is 1.25 bits per heavy atom. The molecule has 0 aliphatic heterocycles. The second-order valence-corrected chi connectivity index (χ2v) is 8.21. The maximum Gasteiger partial charge on any atom is 0.204 e. The smallest absolute Gasteiger partial charge is 0.204 e. The van der Waals surface area contributed by atoms with Gasteiger partial charge in [0.25, 0.3) is 0 Å². The average molecular weight is 493 g/mol. The number of pyridine rings is 2. The quantitative estimate of drug-likeness (QED) is 0.258. The van der Waals surface area contributed by atoms with Crippen molar-refractivity contribution in [1.29, 1.82) is 0 Å². The number of hydrogen-bond donors (Lipinski definition) is 0. The third-order valence-electron chi connectivity index (χ3n) is 6.34. The summed E-state index contributed by atoms with van der Waals surface area (Å²) < 4.78 is 33.6. The molecule has 8 heteroatoms. The molecule has 2 heterocycles. The van der Waals surface area contributed by atoms with E-state index >= 15 is 0 Å². The standard InChI is InChI=1S/C28H32N2O6/c1-31-21-15-17-11-13-29-19(23(17)27(35-5)25(21)33-3)9-7-8-10-20-24-18(12-14-30-20)16-22(32-2)26(34-4)28(24)36-6/h11-16H,7-10H2,1-6H3. The molecule has 0 aliphatic carbocycles. The Balaban J connectivity index is 1.60. The molecule has 0 aliphatic rings. The van der Waals surface area contributed by atoms with Gasteiger partial charge in [-0.3, -0.25) is 9.97 Å². The highest BCUT2D eigenvalue weighted by atomic mass is 16.5. The predicted molar refractivity (Wildman–Crippen MR) is 139 cm³/mol. The maximum atomic E-state index is 5.73. The number of unbranched alkanes of at least 4 members (excludes halogenated alkanes) is 1. The first-order valence-corrected chi connectivity index (χ1v) is 11.7. The molecule has 0 saturated heterocycles. The molecular weight excluding hydrogens is 460 g/mol. The lowest BCUT2D eigenvalue weighted by Crippen LogP contribution is -2.01. The first-order chi connectivity index (χ1) is 17.6. The Kier molecular flexibility index (Phi) is 7.83. The van der Waals surface area contributed by atoms with Crippen LogP contribution in [0.4, 0.5) is 0 Å². The van der Waals surface area contributed by atoms with Crippen molar-refractivity contribution in [2.75, 3.05) is 42.7 Å². The lowest BCUT2D eigenvalue weighted by molar-refractivity contribution is 0.327. The van der Waals surface area contributed by atoms with Crippen molar-refractivity contribution in [1.82, 2.24) is 9.97 Å². The molecule has 0 fully saturated rings. The van der Waals surface area contributed by atoms with Crippen LogP contribution in [0.1, 0.15) is 24.2 Å². The van der Waals surface area contributed by atoms with Crippen LogP contribution in [0.25, 0.3) is 21.5 Å². The molecule has 0 atom stereocenters. The fourth-order valence-corrected chi connectivity index (χ4v) is 4.72. The highest BCUT2D eigenvalue weighted by Crippen LogP contribution is 2.45. The van der Waals surface area contributed by atoms with Gasteiger partial charge in [0.05, 0.1) is 54.0 Å². The van der Waals surface area contributed by atoms with Crippen molar-refractivity contribution in [2.45, 2.75) is 25.7 Å². The molecular formula is C28H32N2O6. The summed E-state index contributed by atoms with van der Waals surface area (Å²) in [4.78, 5) is 9.34. The molecule has 2 aromatic heterocycles. The first kappa shape index (κ1) is 25.2. The lowest BCUT2D eigenvalue weighted by Gasteiger charge is -2.17. The molecule has 8 nitrogen and oxygen atoms in total. The van der Waals surface area contributed by atoms with Crippen LogP contribution < -0.4 is 28.4 Å².